The fourth-order valence-electron chi connectivity index (χ4n) is 4.50. The van der Waals surface area contributed by atoms with E-state index in [1.54, 1.807) is 14.2 Å². The van der Waals surface area contributed by atoms with Gasteiger partial charge in [0.25, 0.3) is 0 Å². The van der Waals surface area contributed by atoms with E-state index in [-0.39, 0.29) is 0 Å². The van der Waals surface area contributed by atoms with Crippen molar-refractivity contribution in [3.8, 4) is 11.5 Å². The van der Waals surface area contributed by atoms with Gasteiger partial charge in [0, 0.05) is 31.6 Å². The second-order valence-electron chi connectivity index (χ2n) is 7.13. The van der Waals surface area contributed by atoms with Crippen LogP contribution in [-0.4, -0.2) is 42.9 Å². The third kappa shape index (κ3) is 3.33. The summed E-state index contributed by atoms with van der Waals surface area (Å²) in [6.45, 7) is 5.10. The largest absolute Gasteiger partial charge is 0.497 e. The Morgan fingerprint density at radius 2 is 1.87 bits per heavy atom. The molecule has 3 atom stereocenters. The molecule has 128 valence electrons. The number of fused-ring (bicyclic) bond motifs is 1. The van der Waals surface area contributed by atoms with Gasteiger partial charge >= 0.3 is 0 Å². The molecular weight excluding hydrogens is 290 g/mol. The number of aliphatic hydroxyl groups is 1. The summed E-state index contributed by atoms with van der Waals surface area (Å²) in [6, 6.07) is 6.07. The number of benzene rings is 1. The van der Waals surface area contributed by atoms with Gasteiger partial charge in [0.1, 0.15) is 11.5 Å². The lowest BCUT2D eigenvalue weighted by Gasteiger charge is -2.40. The summed E-state index contributed by atoms with van der Waals surface area (Å²) in [5.74, 6) is 2.73. The minimum atomic E-state index is -0.455. The Labute approximate surface area is 139 Å². The van der Waals surface area contributed by atoms with Crippen molar-refractivity contribution >= 4 is 0 Å². The quantitative estimate of drug-likeness (QED) is 0.905. The highest BCUT2D eigenvalue weighted by Crippen LogP contribution is 2.44. The number of likely N-dealkylation sites (tertiary alicyclic amines) is 1. The van der Waals surface area contributed by atoms with E-state index < -0.39 is 5.60 Å². The molecule has 1 heterocycles. The third-order valence-corrected chi connectivity index (χ3v) is 5.82. The molecule has 2 fully saturated rings. The maximum Gasteiger partial charge on any atom is 0.122 e. The molecule has 1 aromatic rings. The smallest absolute Gasteiger partial charge is 0.122 e. The van der Waals surface area contributed by atoms with Crippen molar-refractivity contribution in [3.63, 3.8) is 0 Å². The minimum absolute atomic E-state index is 0.425. The maximum atomic E-state index is 10.9. The first-order chi connectivity index (χ1) is 11.1. The Kier molecular flexibility index (Phi) is 4.83. The summed E-state index contributed by atoms with van der Waals surface area (Å²) in [5, 5.41) is 10.9. The SMILES string of the molecule is CC[C@@]1(O)CCC[C@@H]2CN(Cc3cc(OC)cc(OC)c3)C[C@@H]21. The van der Waals surface area contributed by atoms with Crippen molar-refractivity contribution in [2.24, 2.45) is 11.8 Å². The van der Waals surface area contributed by atoms with E-state index in [1.165, 1.54) is 12.0 Å². The first-order valence-corrected chi connectivity index (χ1v) is 8.74. The topological polar surface area (TPSA) is 41.9 Å². The van der Waals surface area contributed by atoms with Crippen molar-refractivity contribution < 1.29 is 14.6 Å². The van der Waals surface area contributed by atoms with Crippen LogP contribution in [0.2, 0.25) is 0 Å². The Morgan fingerprint density at radius 3 is 2.48 bits per heavy atom. The van der Waals surface area contributed by atoms with Crippen LogP contribution in [0.3, 0.4) is 0 Å². The number of nitrogens with zero attached hydrogens (tertiary/aromatic N) is 1. The lowest BCUT2D eigenvalue weighted by atomic mass is 9.69. The first kappa shape index (κ1) is 16.6. The molecule has 0 aromatic heterocycles. The number of rotatable bonds is 5. The monoisotopic (exact) mass is 319 g/mol. The lowest BCUT2D eigenvalue weighted by molar-refractivity contribution is -0.0613. The van der Waals surface area contributed by atoms with E-state index in [9.17, 15) is 5.11 Å². The van der Waals surface area contributed by atoms with Crippen molar-refractivity contribution in [1.82, 2.24) is 4.90 Å². The number of hydrogen-bond acceptors (Lipinski definition) is 4. The number of methoxy groups -OCH3 is 2. The van der Waals surface area contributed by atoms with Gasteiger partial charge in [-0.3, -0.25) is 4.90 Å². The Bertz CT molecular complexity index is 525. The van der Waals surface area contributed by atoms with E-state index >= 15 is 0 Å². The molecular formula is C19H29NO3. The van der Waals surface area contributed by atoms with Crippen LogP contribution in [0, 0.1) is 11.8 Å². The molecule has 4 heteroatoms. The summed E-state index contributed by atoms with van der Waals surface area (Å²) >= 11 is 0. The molecule has 0 bridgehead atoms. The Morgan fingerprint density at radius 1 is 1.17 bits per heavy atom. The zero-order chi connectivity index (χ0) is 16.4. The van der Waals surface area contributed by atoms with E-state index in [0.717, 1.165) is 50.4 Å². The molecule has 1 aromatic carbocycles. The second kappa shape index (κ2) is 6.70. The summed E-state index contributed by atoms with van der Waals surface area (Å²) in [7, 11) is 3.37. The van der Waals surface area contributed by atoms with Crippen LogP contribution in [0.15, 0.2) is 18.2 Å². The number of hydrogen-bond donors (Lipinski definition) is 1. The van der Waals surface area contributed by atoms with Crippen molar-refractivity contribution in [2.45, 2.75) is 44.8 Å². The van der Waals surface area contributed by atoms with Crippen LogP contribution in [-0.2, 0) is 6.54 Å². The van der Waals surface area contributed by atoms with Crippen LogP contribution in [0.25, 0.3) is 0 Å². The highest BCUT2D eigenvalue weighted by atomic mass is 16.5. The summed E-state index contributed by atoms with van der Waals surface area (Å²) in [5.41, 5.74) is 0.754. The molecule has 23 heavy (non-hydrogen) atoms. The van der Waals surface area contributed by atoms with Crippen LogP contribution < -0.4 is 9.47 Å². The average molecular weight is 319 g/mol. The van der Waals surface area contributed by atoms with Crippen LogP contribution in [0.1, 0.15) is 38.2 Å². The summed E-state index contributed by atoms with van der Waals surface area (Å²) in [6.07, 6.45) is 4.25. The van der Waals surface area contributed by atoms with E-state index in [2.05, 4.69) is 24.0 Å². The van der Waals surface area contributed by atoms with Gasteiger partial charge in [-0.15, -0.1) is 0 Å². The Hall–Kier alpha value is -1.26. The van der Waals surface area contributed by atoms with Gasteiger partial charge < -0.3 is 14.6 Å². The molecule has 1 aliphatic heterocycles. The zero-order valence-corrected chi connectivity index (χ0v) is 14.5. The second-order valence-corrected chi connectivity index (χ2v) is 7.13. The molecule has 2 aliphatic rings. The van der Waals surface area contributed by atoms with Crippen molar-refractivity contribution in [1.29, 1.82) is 0 Å². The maximum absolute atomic E-state index is 10.9. The standard InChI is InChI=1S/C19H29NO3/c1-4-19(21)7-5-6-15-12-20(13-18(15)19)11-14-8-16(22-2)10-17(9-14)23-3/h8-10,15,18,21H,4-7,11-13H2,1-3H3/t15-,18+,19-/m1/s1. The predicted molar refractivity (Wildman–Crippen MR) is 90.9 cm³/mol. The number of ether oxygens (including phenoxy) is 2. The molecule has 1 aliphatic carbocycles. The molecule has 1 N–H and O–H groups in total. The van der Waals surface area contributed by atoms with Gasteiger partial charge in [-0.05, 0) is 42.9 Å². The molecule has 0 radical (unpaired) electrons. The summed E-state index contributed by atoms with van der Waals surface area (Å²) in [4.78, 5) is 2.48. The lowest BCUT2D eigenvalue weighted by Crippen LogP contribution is -2.44. The van der Waals surface area contributed by atoms with Crippen molar-refractivity contribution in [3.05, 3.63) is 23.8 Å². The zero-order valence-electron chi connectivity index (χ0n) is 14.5. The molecule has 4 nitrogen and oxygen atoms in total. The minimum Gasteiger partial charge on any atom is -0.497 e. The summed E-state index contributed by atoms with van der Waals surface area (Å²) < 4.78 is 10.7. The highest BCUT2D eigenvalue weighted by Gasteiger charge is 2.47. The molecule has 0 unspecified atom stereocenters. The third-order valence-electron chi connectivity index (χ3n) is 5.82. The first-order valence-electron chi connectivity index (χ1n) is 8.74. The highest BCUT2D eigenvalue weighted by molar-refractivity contribution is 5.38. The predicted octanol–water partition coefficient (Wildman–Crippen LogP) is 3.08. The molecule has 1 saturated carbocycles. The van der Waals surface area contributed by atoms with Crippen LogP contribution >= 0.6 is 0 Å². The normalized spacial score (nSPS) is 31.0. The van der Waals surface area contributed by atoms with Gasteiger partial charge in [-0.25, -0.2) is 0 Å². The van der Waals surface area contributed by atoms with Crippen molar-refractivity contribution in [2.75, 3.05) is 27.3 Å². The van der Waals surface area contributed by atoms with E-state index in [1.807, 2.05) is 6.07 Å². The van der Waals surface area contributed by atoms with E-state index in [4.69, 9.17) is 9.47 Å². The molecule has 0 amide bonds. The molecule has 1 saturated heterocycles. The van der Waals surface area contributed by atoms with Gasteiger partial charge in [0.2, 0.25) is 0 Å². The van der Waals surface area contributed by atoms with Gasteiger partial charge in [0.15, 0.2) is 0 Å². The van der Waals surface area contributed by atoms with Crippen LogP contribution in [0.5, 0.6) is 11.5 Å². The molecule has 0 spiro atoms. The van der Waals surface area contributed by atoms with Gasteiger partial charge in [-0.2, -0.15) is 0 Å². The Balaban J connectivity index is 1.72. The molecule has 3 rings (SSSR count). The van der Waals surface area contributed by atoms with Gasteiger partial charge in [0.05, 0.1) is 19.8 Å². The fourth-order valence-corrected chi connectivity index (χ4v) is 4.50. The van der Waals surface area contributed by atoms with E-state index in [0.29, 0.717) is 11.8 Å². The average Bonchev–Trinajstić information content (AvgIpc) is 2.98. The van der Waals surface area contributed by atoms with Crippen LogP contribution in [0.4, 0.5) is 0 Å². The fraction of sp³-hybridized carbons (Fsp3) is 0.684. The van der Waals surface area contributed by atoms with Gasteiger partial charge in [-0.1, -0.05) is 13.3 Å².